The molecule has 0 aromatic heterocycles. The number of rotatable bonds is 5. The largest absolute Gasteiger partial charge is 0.456 e. The number of hydrogen-bond acceptors (Lipinski definition) is 1. The van der Waals surface area contributed by atoms with Crippen LogP contribution in [0.1, 0.15) is 12.5 Å². The highest BCUT2D eigenvalue weighted by atomic mass is 16.5. The molecule has 0 heterocycles. The molecule has 132 valence electrons. The zero-order valence-electron chi connectivity index (χ0n) is 15.4. The average molecular weight is 350 g/mol. The summed E-state index contributed by atoms with van der Waals surface area (Å²) in [5.41, 5.74) is 5.90. The summed E-state index contributed by atoms with van der Waals surface area (Å²) in [6.45, 7) is 2.19. The van der Waals surface area contributed by atoms with Gasteiger partial charge in [-0.15, -0.1) is 0 Å². The molecular formula is C26H22O. The van der Waals surface area contributed by atoms with Gasteiger partial charge in [-0.25, -0.2) is 0 Å². The Morgan fingerprint density at radius 3 is 1.74 bits per heavy atom. The second kappa shape index (κ2) is 7.92. The number of hydrogen-bond donors (Lipinski definition) is 0. The van der Waals surface area contributed by atoms with Crippen LogP contribution < -0.4 is 4.74 Å². The molecule has 1 heteroatoms. The molecule has 0 unspecified atom stereocenters. The summed E-state index contributed by atoms with van der Waals surface area (Å²) in [4.78, 5) is 0. The molecule has 0 bridgehead atoms. The summed E-state index contributed by atoms with van der Waals surface area (Å²) in [5, 5.41) is 0. The van der Waals surface area contributed by atoms with E-state index in [0.717, 1.165) is 29.0 Å². The Morgan fingerprint density at radius 1 is 0.593 bits per heavy atom. The second-order valence-corrected chi connectivity index (χ2v) is 6.48. The van der Waals surface area contributed by atoms with Gasteiger partial charge in [0.05, 0.1) is 0 Å². The van der Waals surface area contributed by atoms with Crippen molar-refractivity contribution in [2.45, 2.75) is 13.3 Å². The van der Waals surface area contributed by atoms with E-state index in [0.29, 0.717) is 0 Å². The van der Waals surface area contributed by atoms with Gasteiger partial charge >= 0.3 is 0 Å². The van der Waals surface area contributed by atoms with Gasteiger partial charge in [-0.3, -0.25) is 0 Å². The monoisotopic (exact) mass is 350 g/mol. The summed E-state index contributed by atoms with van der Waals surface area (Å²) < 4.78 is 6.49. The Balaban J connectivity index is 1.97. The van der Waals surface area contributed by atoms with Crippen molar-refractivity contribution in [3.63, 3.8) is 0 Å². The quantitative estimate of drug-likeness (QED) is 0.365. The fraction of sp³-hybridized carbons (Fsp3) is 0.0769. The standard InChI is InChI=1S/C26H22O/c1-2-20-18-19-24(21-12-6-3-7-13-21)26(27-23-16-10-5-11-17-23)25(20)22-14-8-4-9-15-22/h3-19H,2H2,1H3. The van der Waals surface area contributed by atoms with E-state index in [1.807, 2.05) is 42.5 Å². The first-order valence-corrected chi connectivity index (χ1v) is 9.36. The minimum Gasteiger partial charge on any atom is -0.456 e. The Morgan fingerprint density at radius 2 is 1.15 bits per heavy atom. The van der Waals surface area contributed by atoms with Crippen LogP contribution >= 0.6 is 0 Å². The Hall–Kier alpha value is -3.32. The Labute approximate surface area is 160 Å². The molecule has 0 N–H and O–H groups in total. The van der Waals surface area contributed by atoms with E-state index < -0.39 is 0 Å². The van der Waals surface area contributed by atoms with Gasteiger partial charge in [-0.1, -0.05) is 97.9 Å². The Kier molecular flexibility index (Phi) is 5.02. The lowest BCUT2D eigenvalue weighted by molar-refractivity contribution is 0.485. The lowest BCUT2D eigenvalue weighted by Gasteiger charge is -2.19. The lowest BCUT2D eigenvalue weighted by Crippen LogP contribution is -1.96. The van der Waals surface area contributed by atoms with Crippen molar-refractivity contribution < 1.29 is 4.74 Å². The van der Waals surface area contributed by atoms with Crippen LogP contribution in [0.15, 0.2) is 103 Å². The van der Waals surface area contributed by atoms with E-state index in [9.17, 15) is 0 Å². The SMILES string of the molecule is CCc1ccc(-c2ccccc2)c(Oc2ccccc2)c1-c1ccccc1. The third-order valence-corrected chi connectivity index (χ3v) is 4.74. The van der Waals surface area contributed by atoms with E-state index in [2.05, 4.69) is 67.6 Å². The molecule has 0 spiro atoms. The molecule has 0 atom stereocenters. The summed E-state index contributed by atoms with van der Waals surface area (Å²) in [6.07, 6.45) is 0.949. The molecule has 4 rings (SSSR count). The molecule has 1 nitrogen and oxygen atoms in total. The van der Waals surface area contributed by atoms with Gasteiger partial charge in [0.1, 0.15) is 11.5 Å². The predicted molar refractivity (Wildman–Crippen MR) is 113 cm³/mol. The van der Waals surface area contributed by atoms with E-state index in [-0.39, 0.29) is 0 Å². The van der Waals surface area contributed by atoms with Crippen LogP contribution in [0.25, 0.3) is 22.3 Å². The summed E-state index contributed by atoms with van der Waals surface area (Å²) in [7, 11) is 0. The molecule has 0 fully saturated rings. The van der Waals surface area contributed by atoms with Crippen molar-refractivity contribution in [1.82, 2.24) is 0 Å². The molecule has 0 saturated heterocycles. The van der Waals surface area contributed by atoms with Crippen molar-refractivity contribution >= 4 is 0 Å². The summed E-state index contributed by atoms with van der Waals surface area (Å²) >= 11 is 0. The van der Waals surface area contributed by atoms with Crippen LogP contribution in [-0.2, 0) is 6.42 Å². The van der Waals surface area contributed by atoms with Gasteiger partial charge in [-0.05, 0) is 35.2 Å². The number of para-hydroxylation sites is 1. The first-order valence-electron chi connectivity index (χ1n) is 9.36. The molecule has 4 aromatic carbocycles. The zero-order valence-corrected chi connectivity index (χ0v) is 15.4. The maximum atomic E-state index is 6.49. The fourth-order valence-electron chi connectivity index (χ4n) is 3.40. The number of aryl methyl sites for hydroxylation is 1. The molecule has 27 heavy (non-hydrogen) atoms. The lowest BCUT2D eigenvalue weighted by atomic mass is 9.92. The van der Waals surface area contributed by atoms with Crippen LogP contribution in [0.5, 0.6) is 11.5 Å². The molecule has 0 aliphatic carbocycles. The van der Waals surface area contributed by atoms with Crippen LogP contribution in [0.3, 0.4) is 0 Å². The fourth-order valence-corrected chi connectivity index (χ4v) is 3.40. The van der Waals surface area contributed by atoms with Crippen LogP contribution in [-0.4, -0.2) is 0 Å². The van der Waals surface area contributed by atoms with Gasteiger partial charge in [-0.2, -0.15) is 0 Å². The smallest absolute Gasteiger partial charge is 0.143 e. The van der Waals surface area contributed by atoms with E-state index >= 15 is 0 Å². The first kappa shape index (κ1) is 17.1. The molecule has 0 aliphatic heterocycles. The van der Waals surface area contributed by atoms with E-state index in [1.54, 1.807) is 0 Å². The molecule has 0 radical (unpaired) electrons. The highest BCUT2D eigenvalue weighted by Gasteiger charge is 2.17. The van der Waals surface area contributed by atoms with Crippen LogP contribution in [0.4, 0.5) is 0 Å². The highest BCUT2D eigenvalue weighted by Crippen LogP contribution is 2.43. The minimum atomic E-state index is 0.847. The van der Waals surface area contributed by atoms with Gasteiger partial charge in [0, 0.05) is 11.1 Å². The third-order valence-electron chi connectivity index (χ3n) is 4.74. The zero-order chi connectivity index (χ0) is 18.5. The number of ether oxygens (including phenoxy) is 1. The first-order chi connectivity index (χ1) is 13.4. The maximum absolute atomic E-state index is 6.49. The van der Waals surface area contributed by atoms with Crippen LogP contribution in [0, 0.1) is 0 Å². The van der Waals surface area contributed by atoms with Crippen molar-refractivity contribution in [2.75, 3.05) is 0 Å². The normalized spacial score (nSPS) is 10.6. The molecule has 0 aliphatic rings. The van der Waals surface area contributed by atoms with Crippen molar-refractivity contribution in [3.8, 4) is 33.8 Å². The van der Waals surface area contributed by atoms with Crippen molar-refractivity contribution in [3.05, 3.63) is 109 Å². The van der Waals surface area contributed by atoms with Crippen molar-refractivity contribution in [1.29, 1.82) is 0 Å². The van der Waals surface area contributed by atoms with Crippen molar-refractivity contribution in [2.24, 2.45) is 0 Å². The van der Waals surface area contributed by atoms with Gasteiger partial charge < -0.3 is 4.74 Å². The number of benzene rings is 4. The minimum absolute atomic E-state index is 0.847. The average Bonchev–Trinajstić information content (AvgIpc) is 2.75. The Bertz CT molecular complexity index is 1010. The molecule has 0 amide bonds. The summed E-state index contributed by atoms with van der Waals surface area (Å²) in [5.74, 6) is 1.76. The molecule has 4 aromatic rings. The predicted octanol–water partition coefficient (Wildman–Crippen LogP) is 7.38. The van der Waals surface area contributed by atoms with Gasteiger partial charge in [0.15, 0.2) is 0 Å². The van der Waals surface area contributed by atoms with Crippen LogP contribution in [0.2, 0.25) is 0 Å². The van der Waals surface area contributed by atoms with Gasteiger partial charge in [0.2, 0.25) is 0 Å². The topological polar surface area (TPSA) is 9.23 Å². The second-order valence-electron chi connectivity index (χ2n) is 6.48. The highest BCUT2D eigenvalue weighted by molar-refractivity contribution is 5.85. The molecular weight excluding hydrogens is 328 g/mol. The third kappa shape index (κ3) is 3.63. The van der Waals surface area contributed by atoms with E-state index in [1.165, 1.54) is 16.7 Å². The maximum Gasteiger partial charge on any atom is 0.143 e. The van der Waals surface area contributed by atoms with E-state index in [4.69, 9.17) is 4.74 Å². The summed E-state index contributed by atoms with van der Waals surface area (Å²) in [6, 6.07) is 35.4. The van der Waals surface area contributed by atoms with Gasteiger partial charge in [0.25, 0.3) is 0 Å². The molecule has 0 saturated carbocycles.